The van der Waals surface area contributed by atoms with Gasteiger partial charge in [0.2, 0.25) is 5.91 Å². The minimum Gasteiger partial charge on any atom is -0.369 e. The van der Waals surface area contributed by atoms with Crippen LogP contribution in [0.1, 0.15) is 23.5 Å². The third kappa shape index (κ3) is 2.39. The number of halogens is 4. The van der Waals surface area contributed by atoms with E-state index in [4.69, 9.17) is 17.3 Å². The van der Waals surface area contributed by atoms with Crippen LogP contribution in [-0.4, -0.2) is 5.91 Å². The lowest BCUT2D eigenvalue weighted by Crippen LogP contribution is -2.14. The van der Waals surface area contributed by atoms with Crippen molar-refractivity contribution in [3.8, 4) is 0 Å². The van der Waals surface area contributed by atoms with Crippen LogP contribution in [0.5, 0.6) is 0 Å². The van der Waals surface area contributed by atoms with Crippen molar-refractivity contribution in [3.05, 3.63) is 34.3 Å². The van der Waals surface area contributed by atoms with Gasteiger partial charge in [-0.2, -0.15) is 13.2 Å². The van der Waals surface area contributed by atoms with Crippen LogP contribution in [0.15, 0.2) is 18.2 Å². The van der Waals surface area contributed by atoms with Crippen molar-refractivity contribution in [2.24, 2.45) is 11.7 Å². The molecule has 2 rings (SSSR count). The standard InChI is InChI=1S/C11H9ClF3NO/c12-9-2-1-5(3-8(9)11(13,14)15)6-4-7(6)10(16)17/h1-3,6-7H,4H2,(H2,16,17). The molecule has 1 aromatic carbocycles. The van der Waals surface area contributed by atoms with Crippen molar-refractivity contribution in [1.82, 2.24) is 0 Å². The molecule has 0 heterocycles. The van der Waals surface area contributed by atoms with E-state index in [2.05, 4.69) is 0 Å². The highest BCUT2D eigenvalue weighted by Gasteiger charge is 2.44. The van der Waals surface area contributed by atoms with E-state index < -0.39 is 17.6 Å². The Bertz CT molecular complexity index is 472. The molecule has 0 radical (unpaired) electrons. The Hall–Kier alpha value is -1.23. The summed E-state index contributed by atoms with van der Waals surface area (Å²) in [5.41, 5.74) is 4.69. The van der Waals surface area contributed by atoms with Gasteiger partial charge in [0.25, 0.3) is 0 Å². The number of hydrogen-bond acceptors (Lipinski definition) is 1. The lowest BCUT2D eigenvalue weighted by atomic mass is 10.1. The second-order valence-corrected chi connectivity index (χ2v) is 4.50. The maximum atomic E-state index is 12.6. The number of benzene rings is 1. The second-order valence-electron chi connectivity index (χ2n) is 4.09. The molecule has 92 valence electrons. The van der Waals surface area contributed by atoms with Crippen molar-refractivity contribution < 1.29 is 18.0 Å². The Morgan fingerprint density at radius 3 is 2.53 bits per heavy atom. The fourth-order valence-electron chi connectivity index (χ4n) is 1.87. The largest absolute Gasteiger partial charge is 0.417 e. The molecule has 17 heavy (non-hydrogen) atoms. The molecular weight excluding hydrogens is 255 g/mol. The fraction of sp³-hybridized carbons (Fsp3) is 0.364. The zero-order valence-electron chi connectivity index (χ0n) is 8.59. The average Bonchev–Trinajstić information content (AvgIpc) is 2.96. The Labute approximate surface area is 101 Å². The van der Waals surface area contributed by atoms with E-state index in [-0.39, 0.29) is 16.9 Å². The molecule has 1 aromatic rings. The van der Waals surface area contributed by atoms with Gasteiger partial charge in [-0.25, -0.2) is 0 Å². The minimum atomic E-state index is -4.48. The number of alkyl halides is 3. The quantitative estimate of drug-likeness (QED) is 0.876. The van der Waals surface area contributed by atoms with Crippen molar-refractivity contribution in [1.29, 1.82) is 0 Å². The summed E-state index contributed by atoms with van der Waals surface area (Å²) < 4.78 is 37.8. The molecule has 0 aromatic heterocycles. The van der Waals surface area contributed by atoms with Crippen molar-refractivity contribution in [2.45, 2.75) is 18.5 Å². The number of hydrogen-bond donors (Lipinski definition) is 1. The first kappa shape index (κ1) is 12.2. The van der Waals surface area contributed by atoms with Crippen LogP contribution in [0.25, 0.3) is 0 Å². The molecular formula is C11H9ClF3NO. The predicted molar refractivity (Wildman–Crippen MR) is 56.5 cm³/mol. The maximum absolute atomic E-state index is 12.6. The molecule has 1 saturated carbocycles. The van der Waals surface area contributed by atoms with Crippen molar-refractivity contribution in [2.75, 3.05) is 0 Å². The van der Waals surface area contributed by atoms with Gasteiger partial charge in [-0.05, 0) is 30.0 Å². The smallest absolute Gasteiger partial charge is 0.369 e. The van der Waals surface area contributed by atoms with Gasteiger partial charge < -0.3 is 5.73 Å². The molecule has 2 nitrogen and oxygen atoms in total. The van der Waals surface area contributed by atoms with Crippen LogP contribution in [0.2, 0.25) is 5.02 Å². The zero-order valence-corrected chi connectivity index (χ0v) is 9.35. The molecule has 0 bridgehead atoms. The summed E-state index contributed by atoms with van der Waals surface area (Å²) in [6, 6.07) is 3.71. The molecule has 1 aliphatic carbocycles. The van der Waals surface area contributed by atoms with Gasteiger partial charge in [-0.15, -0.1) is 0 Å². The van der Waals surface area contributed by atoms with Crippen molar-refractivity contribution >= 4 is 17.5 Å². The van der Waals surface area contributed by atoms with Gasteiger partial charge in [0.15, 0.2) is 0 Å². The van der Waals surface area contributed by atoms with E-state index >= 15 is 0 Å². The summed E-state index contributed by atoms with van der Waals surface area (Å²) in [5, 5.41) is -0.336. The molecule has 2 atom stereocenters. The van der Waals surface area contributed by atoms with E-state index in [9.17, 15) is 18.0 Å². The predicted octanol–water partition coefficient (Wildman–Crippen LogP) is 2.95. The molecule has 1 fully saturated rings. The Kier molecular flexibility index (Phi) is 2.81. The van der Waals surface area contributed by atoms with E-state index in [0.29, 0.717) is 12.0 Å². The minimum absolute atomic E-state index is 0.203. The highest BCUT2D eigenvalue weighted by atomic mass is 35.5. The molecule has 6 heteroatoms. The molecule has 2 N–H and O–H groups in total. The van der Waals surface area contributed by atoms with Gasteiger partial charge >= 0.3 is 6.18 Å². The fourth-order valence-corrected chi connectivity index (χ4v) is 2.09. The van der Waals surface area contributed by atoms with Gasteiger partial charge in [0, 0.05) is 5.92 Å². The number of rotatable bonds is 2. The number of carbonyl (C=O) groups excluding carboxylic acids is 1. The highest BCUT2D eigenvalue weighted by Crippen LogP contribution is 2.48. The first-order valence-corrected chi connectivity index (χ1v) is 5.34. The topological polar surface area (TPSA) is 43.1 Å². The molecule has 0 spiro atoms. The summed E-state index contributed by atoms with van der Waals surface area (Å²) in [5.74, 6) is -1.03. The third-order valence-corrected chi connectivity index (χ3v) is 3.21. The lowest BCUT2D eigenvalue weighted by Gasteiger charge is -2.10. The molecule has 2 unspecified atom stereocenters. The Morgan fingerprint density at radius 1 is 1.41 bits per heavy atom. The van der Waals surface area contributed by atoms with Gasteiger partial charge in [0.05, 0.1) is 10.6 Å². The summed E-state index contributed by atoms with van der Waals surface area (Å²) in [7, 11) is 0. The van der Waals surface area contributed by atoms with Crippen LogP contribution < -0.4 is 5.73 Å². The van der Waals surface area contributed by atoms with Gasteiger partial charge in [-0.1, -0.05) is 17.7 Å². The van der Waals surface area contributed by atoms with Crippen LogP contribution in [0.3, 0.4) is 0 Å². The first-order chi connectivity index (χ1) is 7.80. The number of amides is 1. The summed E-state index contributed by atoms with van der Waals surface area (Å²) >= 11 is 5.49. The van der Waals surface area contributed by atoms with E-state index in [0.717, 1.165) is 6.07 Å². The molecule has 0 aliphatic heterocycles. The van der Waals surface area contributed by atoms with Crippen LogP contribution in [-0.2, 0) is 11.0 Å². The SMILES string of the molecule is NC(=O)C1CC1c1ccc(Cl)c(C(F)(F)F)c1. The number of nitrogens with two attached hydrogens (primary N) is 1. The average molecular weight is 264 g/mol. The number of primary amides is 1. The van der Waals surface area contributed by atoms with Gasteiger partial charge in [0.1, 0.15) is 0 Å². The number of carbonyl (C=O) groups is 1. The van der Waals surface area contributed by atoms with Gasteiger partial charge in [-0.3, -0.25) is 4.79 Å². The maximum Gasteiger partial charge on any atom is 0.417 e. The van der Waals surface area contributed by atoms with Crippen molar-refractivity contribution in [3.63, 3.8) is 0 Å². The summed E-state index contributed by atoms with van der Waals surface area (Å²) in [6.07, 6.45) is -3.97. The highest BCUT2D eigenvalue weighted by molar-refractivity contribution is 6.31. The van der Waals surface area contributed by atoms with Crippen LogP contribution in [0.4, 0.5) is 13.2 Å². The lowest BCUT2D eigenvalue weighted by molar-refractivity contribution is -0.137. The Balaban J connectivity index is 2.30. The van der Waals surface area contributed by atoms with Crippen LogP contribution >= 0.6 is 11.6 Å². The molecule has 1 amide bonds. The summed E-state index contributed by atoms with van der Waals surface area (Å²) in [6.45, 7) is 0. The molecule has 0 saturated heterocycles. The Morgan fingerprint density at radius 2 is 2.06 bits per heavy atom. The van der Waals surface area contributed by atoms with E-state index in [1.165, 1.54) is 12.1 Å². The normalized spacial score (nSPS) is 23.5. The summed E-state index contributed by atoms with van der Waals surface area (Å²) in [4.78, 5) is 10.9. The first-order valence-electron chi connectivity index (χ1n) is 4.96. The third-order valence-electron chi connectivity index (χ3n) is 2.88. The molecule has 1 aliphatic rings. The van der Waals surface area contributed by atoms with E-state index in [1.807, 2.05) is 0 Å². The zero-order chi connectivity index (χ0) is 12.8. The van der Waals surface area contributed by atoms with Crippen LogP contribution in [0, 0.1) is 5.92 Å². The second kappa shape index (κ2) is 3.91. The monoisotopic (exact) mass is 263 g/mol. The van der Waals surface area contributed by atoms with E-state index in [1.54, 1.807) is 0 Å².